The van der Waals surface area contributed by atoms with E-state index in [0.29, 0.717) is 4.90 Å². The monoisotopic (exact) mass is 234 g/mol. The van der Waals surface area contributed by atoms with E-state index in [4.69, 9.17) is 15.4 Å². The Hall–Kier alpha value is -0.390. The van der Waals surface area contributed by atoms with Gasteiger partial charge in [-0.15, -0.1) is 0 Å². The molecule has 1 aliphatic heterocycles. The van der Waals surface area contributed by atoms with Crippen LogP contribution in [0.4, 0.5) is 0 Å². The van der Waals surface area contributed by atoms with Crippen LogP contribution in [0.2, 0.25) is 0 Å². The molecule has 2 heterocycles. The molecule has 0 bridgehead atoms. The lowest BCUT2D eigenvalue weighted by Crippen LogP contribution is -2.18. The molecule has 1 aliphatic rings. The zero-order valence-electron chi connectivity index (χ0n) is 7.56. The van der Waals surface area contributed by atoms with Crippen molar-refractivity contribution in [3.63, 3.8) is 0 Å². The van der Waals surface area contributed by atoms with Gasteiger partial charge in [0.05, 0.1) is 11.1 Å². The Kier molecular flexibility index (Phi) is 3.20. The van der Waals surface area contributed by atoms with Gasteiger partial charge < -0.3 is 4.74 Å². The summed E-state index contributed by atoms with van der Waals surface area (Å²) in [4.78, 5) is 0.529. The summed E-state index contributed by atoms with van der Waals surface area (Å²) in [7, 11) is 3.95. The topological polar surface area (TPSA) is 44.1 Å². The van der Waals surface area contributed by atoms with Gasteiger partial charge in [-0.05, 0) is 29.9 Å². The fourth-order valence-electron chi connectivity index (χ4n) is 1.49. The van der Waals surface area contributed by atoms with Gasteiger partial charge in [0.2, 0.25) is 0 Å². The van der Waals surface area contributed by atoms with Crippen LogP contribution in [0.5, 0.6) is 0 Å². The minimum absolute atomic E-state index is 0.0160. The predicted molar refractivity (Wildman–Crippen MR) is 53.3 cm³/mol. The first-order chi connectivity index (χ1) is 6.77. The molecule has 0 N–H and O–H groups in total. The summed E-state index contributed by atoms with van der Waals surface area (Å²) in [5.41, 5.74) is 0. The van der Waals surface area contributed by atoms with Crippen LogP contribution < -0.4 is 0 Å². The van der Waals surface area contributed by atoms with E-state index in [1.165, 1.54) is 6.20 Å². The quantitative estimate of drug-likeness (QED) is 0.734. The third-order valence-electron chi connectivity index (χ3n) is 2.21. The van der Waals surface area contributed by atoms with E-state index in [0.717, 1.165) is 25.9 Å². The van der Waals surface area contributed by atoms with Crippen molar-refractivity contribution < 1.29 is 8.95 Å². The van der Waals surface area contributed by atoms with E-state index in [1.54, 1.807) is 10.9 Å². The lowest BCUT2D eigenvalue weighted by Gasteiger charge is -2.22. The SMILES string of the molecule is O=S(Cl)c1cnn(C2CCCCO2)c1. The second-order valence-electron chi connectivity index (χ2n) is 3.20. The van der Waals surface area contributed by atoms with Crippen LogP contribution in [0.25, 0.3) is 0 Å². The molecular weight excluding hydrogens is 224 g/mol. The Morgan fingerprint density at radius 2 is 2.50 bits per heavy atom. The van der Waals surface area contributed by atoms with Gasteiger partial charge in [-0.25, -0.2) is 8.89 Å². The smallest absolute Gasteiger partial charge is 0.150 e. The van der Waals surface area contributed by atoms with Gasteiger partial charge in [0, 0.05) is 12.8 Å². The Labute approximate surface area is 89.2 Å². The van der Waals surface area contributed by atoms with Crippen molar-refractivity contribution in [3.05, 3.63) is 12.4 Å². The van der Waals surface area contributed by atoms with Crippen molar-refractivity contribution >= 4 is 20.7 Å². The minimum atomic E-state index is -1.48. The zero-order valence-corrected chi connectivity index (χ0v) is 9.13. The Morgan fingerprint density at radius 3 is 3.07 bits per heavy atom. The van der Waals surface area contributed by atoms with Gasteiger partial charge in [0.15, 0.2) is 10.0 Å². The average Bonchev–Trinajstić information content (AvgIpc) is 2.68. The van der Waals surface area contributed by atoms with Gasteiger partial charge in [-0.2, -0.15) is 5.10 Å². The van der Waals surface area contributed by atoms with Gasteiger partial charge in [0.1, 0.15) is 6.23 Å². The van der Waals surface area contributed by atoms with Crippen LogP contribution >= 0.6 is 10.7 Å². The van der Waals surface area contributed by atoms with Crippen molar-refractivity contribution in [2.45, 2.75) is 30.4 Å². The van der Waals surface area contributed by atoms with Crippen molar-refractivity contribution in [1.82, 2.24) is 9.78 Å². The Balaban J connectivity index is 2.11. The fraction of sp³-hybridized carbons (Fsp3) is 0.625. The summed E-state index contributed by atoms with van der Waals surface area (Å²) in [5, 5.41) is 4.08. The van der Waals surface area contributed by atoms with Crippen LogP contribution in [0.15, 0.2) is 17.3 Å². The normalized spacial score (nSPS) is 24.8. The standard InChI is InChI=1S/C8H11ClN2O2S/c9-14(12)7-5-10-11(6-7)8-3-1-2-4-13-8/h5-6,8H,1-4H2. The van der Waals surface area contributed by atoms with E-state index >= 15 is 0 Å². The molecule has 2 atom stereocenters. The highest BCUT2D eigenvalue weighted by atomic mass is 35.7. The third kappa shape index (κ3) is 2.16. The maximum atomic E-state index is 10.9. The second-order valence-corrected chi connectivity index (χ2v) is 4.96. The summed E-state index contributed by atoms with van der Waals surface area (Å²) in [6, 6.07) is 0. The molecule has 0 saturated carbocycles. The highest BCUT2D eigenvalue weighted by molar-refractivity contribution is 8.08. The molecule has 1 aromatic heterocycles. The van der Waals surface area contributed by atoms with Crippen LogP contribution in [-0.4, -0.2) is 20.6 Å². The molecular formula is C8H11ClN2O2S. The molecule has 78 valence electrons. The highest BCUT2D eigenvalue weighted by Gasteiger charge is 2.17. The molecule has 0 spiro atoms. The van der Waals surface area contributed by atoms with E-state index < -0.39 is 10.0 Å². The molecule has 1 aromatic rings. The summed E-state index contributed by atoms with van der Waals surface area (Å²) >= 11 is 0. The lowest BCUT2D eigenvalue weighted by molar-refractivity contribution is -0.0396. The van der Waals surface area contributed by atoms with E-state index in [1.807, 2.05) is 0 Å². The summed E-state index contributed by atoms with van der Waals surface area (Å²) in [6.07, 6.45) is 6.38. The van der Waals surface area contributed by atoms with Gasteiger partial charge >= 0.3 is 0 Å². The van der Waals surface area contributed by atoms with Crippen molar-refractivity contribution in [3.8, 4) is 0 Å². The largest absolute Gasteiger partial charge is 0.357 e. The molecule has 2 rings (SSSR count). The van der Waals surface area contributed by atoms with Crippen LogP contribution in [0.3, 0.4) is 0 Å². The zero-order chi connectivity index (χ0) is 9.97. The summed E-state index contributed by atoms with van der Waals surface area (Å²) in [6.45, 7) is 0.768. The maximum Gasteiger partial charge on any atom is 0.150 e. The Bertz CT molecular complexity index is 336. The molecule has 4 nitrogen and oxygen atoms in total. The molecule has 0 aromatic carbocycles. The average molecular weight is 235 g/mol. The third-order valence-corrected chi connectivity index (χ3v) is 3.33. The van der Waals surface area contributed by atoms with E-state index in [2.05, 4.69) is 5.10 Å². The van der Waals surface area contributed by atoms with Gasteiger partial charge in [-0.3, -0.25) is 0 Å². The lowest BCUT2D eigenvalue weighted by atomic mass is 10.2. The number of rotatable bonds is 2. The van der Waals surface area contributed by atoms with Crippen molar-refractivity contribution in [1.29, 1.82) is 0 Å². The van der Waals surface area contributed by atoms with Crippen molar-refractivity contribution in [2.24, 2.45) is 0 Å². The molecule has 6 heteroatoms. The molecule has 1 fully saturated rings. The fourth-order valence-corrected chi connectivity index (χ4v) is 2.05. The molecule has 0 radical (unpaired) electrons. The van der Waals surface area contributed by atoms with E-state index in [-0.39, 0.29) is 6.23 Å². The van der Waals surface area contributed by atoms with Crippen molar-refractivity contribution in [2.75, 3.05) is 6.61 Å². The molecule has 14 heavy (non-hydrogen) atoms. The number of ether oxygens (including phenoxy) is 1. The molecule has 2 unspecified atom stereocenters. The summed E-state index contributed by atoms with van der Waals surface area (Å²) < 4.78 is 18.1. The number of aromatic nitrogens is 2. The van der Waals surface area contributed by atoms with E-state index in [9.17, 15) is 4.21 Å². The van der Waals surface area contributed by atoms with Crippen LogP contribution in [0, 0.1) is 0 Å². The highest BCUT2D eigenvalue weighted by Crippen LogP contribution is 2.22. The molecule has 0 amide bonds. The summed E-state index contributed by atoms with van der Waals surface area (Å²) in [5.74, 6) is 0. The van der Waals surface area contributed by atoms with Gasteiger partial charge in [-0.1, -0.05) is 0 Å². The Morgan fingerprint density at radius 1 is 1.64 bits per heavy atom. The number of hydrogen-bond acceptors (Lipinski definition) is 3. The number of hydrogen-bond donors (Lipinski definition) is 0. The molecule has 1 saturated heterocycles. The van der Waals surface area contributed by atoms with Crippen LogP contribution in [-0.2, 0) is 14.7 Å². The number of nitrogens with zero attached hydrogens (tertiary/aromatic N) is 2. The predicted octanol–water partition coefficient (Wildman–Crippen LogP) is 1.84. The van der Waals surface area contributed by atoms with Gasteiger partial charge in [0.25, 0.3) is 0 Å². The first kappa shape index (κ1) is 10.1. The first-order valence-electron chi connectivity index (χ1n) is 4.51. The maximum absolute atomic E-state index is 10.9. The van der Waals surface area contributed by atoms with Crippen LogP contribution in [0.1, 0.15) is 25.5 Å². The number of halogens is 1. The first-order valence-corrected chi connectivity index (χ1v) is 6.49. The second kappa shape index (κ2) is 4.42. The minimum Gasteiger partial charge on any atom is -0.357 e. The molecule has 0 aliphatic carbocycles.